The van der Waals surface area contributed by atoms with Crippen LogP contribution in [-0.4, -0.2) is 5.71 Å². The van der Waals surface area contributed by atoms with E-state index in [1.807, 2.05) is 36.4 Å². The summed E-state index contributed by atoms with van der Waals surface area (Å²) in [4.78, 5) is 0. The second-order valence-electron chi connectivity index (χ2n) is 10.4. The zero-order valence-corrected chi connectivity index (χ0v) is 19.8. The van der Waals surface area contributed by atoms with Crippen LogP contribution >= 0.6 is 0 Å². The Balaban J connectivity index is 1.20. The number of hydrazone groups is 1. The number of rotatable bonds is 4. The van der Waals surface area contributed by atoms with Gasteiger partial charge in [0.05, 0.1) is 17.1 Å². The van der Waals surface area contributed by atoms with Gasteiger partial charge in [-0.3, -0.25) is 5.43 Å². The van der Waals surface area contributed by atoms with Crippen LogP contribution in [0.2, 0.25) is 0 Å². The molecule has 4 atom stereocenters. The molecule has 0 bridgehead atoms. The van der Waals surface area contributed by atoms with Crippen molar-refractivity contribution >= 4 is 22.8 Å². The number of nitrogens with one attached hydrogen (secondary N) is 1. The van der Waals surface area contributed by atoms with E-state index in [1.54, 1.807) is 5.56 Å². The Hall–Kier alpha value is -3.27. The highest BCUT2D eigenvalue weighted by Gasteiger charge is 2.53. The van der Waals surface area contributed by atoms with Gasteiger partial charge in [0.2, 0.25) is 0 Å². The zero-order valence-electron chi connectivity index (χ0n) is 19.8. The van der Waals surface area contributed by atoms with E-state index in [4.69, 9.17) is 5.10 Å². The predicted molar refractivity (Wildman–Crippen MR) is 139 cm³/mol. The summed E-state index contributed by atoms with van der Waals surface area (Å²) < 4.78 is 0. The van der Waals surface area contributed by atoms with Gasteiger partial charge in [-0.1, -0.05) is 49.4 Å². The molecule has 4 unspecified atom stereocenters. The minimum absolute atomic E-state index is 0.226. The first-order valence-corrected chi connectivity index (χ1v) is 12.7. The van der Waals surface area contributed by atoms with Crippen molar-refractivity contribution in [2.24, 2.45) is 32.6 Å². The van der Waals surface area contributed by atoms with Crippen LogP contribution in [0.5, 0.6) is 0 Å². The minimum atomic E-state index is 0.226. The second kappa shape index (κ2) is 8.83. The van der Waals surface area contributed by atoms with Gasteiger partial charge in [0.1, 0.15) is 0 Å². The average Bonchev–Trinajstić information content (AvgIpc) is 3.23. The SMILES string of the molecule is CC12CCC3c4ccc(N=Nc5ccccc5)cc4CCC3C1CC/C2=N\Nc1ccccc1. The number of para-hydroxylation sites is 1. The van der Waals surface area contributed by atoms with Crippen molar-refractivity contribution in [1.82, 2.24) is 0 Å². The molecule has 172 valence electrons. The summed E-state index contributed by atoms with van der Waals surface area (Å²) in [5, 5.41) is 13.9. The van der Waals surface area contributed by atoms with Crippen LogP contribution in [0.3, 0.4) is 0 Å². The maximum Gasteiger partial charge on any atom is 0.0860 e. The molecular weight excluding hydrogens is 416 g/mol. The summed E-state index contributed by atoms with van der Waals surface area (Å²) in [6, 6.07) is 27.1. The van der Waals surface area contributed by atoms with Gasteiger partial charge in [-0.05, 0) is 104 Å². The number of hydrogen-bond donors (Lipinski definition) is 1. The number of azo groups is 1. The first-order valence-electron chi connectivity index (χ1n) is 12.7. The first-order chi connectivity index (χ1) is 16.7. The van der Waals surface area contributed by atoms with Crippen molar-refractivity contribution in [3.05, 3.63) is 90.0 Å². The van der Waals surface area contributed by atoms with Gasteiger partial charge in [0.25, 0.3) is 0 Å². The van der Waals surface area contributed by atoms with Crippen molar-refractivity contribution in [1.29, 1.82) is 0 Å². The van der Waals surface area contributed by atoms with Crippen LogP contribution in [-0.2, 0) is 6.42 Å². The minimum Gasteiger partial charge on any atom is -0.279 e. The van der Waals surface area contributed by atoms with Gasteiger partial charge in [-0.2, -0.15) is 15.3 Å². The quantitative estimate of drug-likeness (QED) is 0.316. The first kappa shape index (κ1) is 21.3. The van der Waals surface area contributed by atoms with E-state index < -0.39 is 0 Å². The van der Waals surface area contributed by atoms with E-state index >= 15 is 0 Å². The Morgan fingerprint density at radius 3 is 2.38 bits per heavy atom. The fourth-order valence-corrected chi connectivity index (χ4v) is 6.86. The van der Waals surface area contributed by atoms with Gasteiger partial charge in [-0.25, -0.2) is 0 Å². The molecule has 2 fully saturated rings. The number of hydrogen-bond acceptors (Lipinski definition) is 4. The highest BCUT2D eigenvalue weighted by Crippen LogP contribution is 2.60. The fraction of sp³-hybridized carbons (Fsp3) is 0.367. The van der Waals surface area contributed by atoms with Crippen molar-refractivity contribution in [2.75, 3.05) is 5.43 Å². The predicted octanol–water partition coefficient (Wildman–Crippen LogP) is 8.43. The zero-order chi connectivity index (χ0) is 23.0. The molecule has 2 saturated carbocycles. The third-order valence-corrected chi connectivity index (χ3v) is 8.58. The standard InChI is InChI=1S/C30H32N4/c1-30-19-18-26-25-15-13-24(33-31-22-8-4-2-5-9-22)20-21(25)12-14-27(26)28(30)16-17-29(30)34-32-23-10-6-3-7-11-23/h2-11,13,15,20,26-28,32H,12,14,16-19H2,1H3/b33-31?,34-29+. The Labute approximate surface area is 202 Å². The average molecular weight is 449 g/mol. The van der Waals surface area contributed by atoms with Gasteiger partial charge in [-0.15, -0.1) is 0 Å². The molecular formula is C30H32N4. The van der Waals surface area contributed by atoms with Crippen molar-refractivity contribution in [2.45, 2.75) is 51.4 Å². The third kappa shape index (κ3) is 3.85. The van der Waals surface area contributed by atoms with Gasteiger partial charge in [0, 0.05) is 11.1 Å². The molecule has 0 amide bonds. The summed E-state index contributed by atoms with van der Waals surface area (Å²) in [5.41, 5.74) is 10.9. The molecule has 34 heavy (non-hydrogen) atoms. The van der Waals surface area contributed by atoms with Crippen molar-refractivity contribution < 1.29 is 0 Å². The summed E-state index contributed by atoms with van der Waals surface area (Å²) in [6.07, 6.45) is 7.29. The Bertz CT molecular complexity index is 1220. The molecule has 0 spiro atoms. The van der Waals surface area contributed by atoms with E-state index in [0.717, 1.165) is 41.7 Å². The van der Waals surface area contributed by atoms with Crippen LogP contribution in [0.1, 0.15) is 56.1 Å². The molecule has 3 aliphatic rings. The van der Waals surface area contributed by atoms with E-state index in [9.17, 15) is 0 Å². The summed E-state index contributed by atoms with van der Waals surface area (Å²) in [7, 11) is 0. The van der Waals surface area contributed by atoms with E-state index in [1.165, 1.54) is 37.0 Å². The molecule has 4 heteroatoms. The van der Waals surface area contributed by atoms with Crippen LogP contribution in [0.25, 0.3) is 0 Å². The van der Waals surface area contributed by atoms with Crippen molar-refractivity contribution in [3.8, 4) is 0 Å². The molecule has 3 aromatic carbocycles. The molecule has 3 aliphatic carbocycles. The summed E-state index contributed by atoms with van der Waals surface area (Å²) >= 11 is 0. The molecule has 6 rings (SSSR count). The van der Waals surface area contributed by atoms with Gasteiger partial charge < -0.3 is 0 Å². The Morgan fingerprint density at radius 2 is 1.56 bits per heavy atom. The van der Waals surface area contributed by atoms with Crippen LogP contribution in [0.15, 0.2) is 94.2 Å². The third-order valence-electron chi connectivity index (χ3n) is 8.58. The van der Waals surface area contributed by atoms with Gasteiger partial charge in [0.15, 0.2) is 0 Å². The van der Waals surface area contributed by atoms with Crippen LogP contribution in [0.4, 0.5) is 17.1 Å². The lowest BCUT2D eigenvalue weighted by atomic mass is 9.55. The van der Waals surface area contributed by atoms with Crippen LogP contribution < -0.4 is 5.43 Å². The molecule has 0 heterocycles. The Kier molecular flexibility index (Phi) is 5.52. The fourth-order valence-electron chi connectivity index (χ4n) is 6.86. The van der Waals surface area contributed by atoms with Gasteiger partial charge >= 0.3 is 0 Å². The number of nitrogens with zero attached hydrogens (tertiary/aromatic N) is 3. The maximum absolute atomic E-state index is 4.93. The summed E-state index contributed by atoms with van der Waals surface area (Å²) in [6.45, 7) is 2.48. The molecule has 0 aromatic heterocycles. The van der Waals surface area contributed by atoms with E-state index in [0.29, 0.717) is 5.92 Å². The number of anilines is 1. The number of aryl methyl sites for hydroxylation is 1. The second-order valence-corrected chi connectivity index (χ2v) is 10.4. The normalized spacial score (nSPS) is 29.0. The lowest BCUT2D eigenvalue weighted by Crippen LogP contribution is -2.42. The molecule has 0 saturated heterocycles. The monoisotopic (exact) mass is 448 g/mol. The Morgan fingerprint density at radius 1 is 0.794 bits per heavy atom. The highest BCUT2D eigenvalue weighted by atomic mass is 15.3. The molecule has 1 N–H and O–H groups in total. The molecule has 0 radical (unpaired) electrons. The number of fused-ring (bicyclic) bond motifs is 5. The maximum atomic E-state index is 4.93. The molecule has 0 aliphatic heterocycles. The topological polar surface area (TPSA) is 49.1 Å². The number of benzene rings is 3. The smallest absolute Gasteiger partial charge is 0.0860 e. The summed E-state index contributed by atoms with van der Waals surface area (Å²) in [5.74, 6) is 2.16. The lowest BCUT2D eigenvalue weighted by Gasteiger charge is -2.49. The van der Waals surface area contributed by atoms with E-state index in [2.05, 4.69) is 65.0 Å². The molecule has 3 aromatic rings. The lowest BCUT2D eigenvalue weighted by molar-refractivity contribution is 0.0956. The highest BCUT2D eigenvalue weighted by molar-refractivity contribution is 5.93. The van der Waals surface area contributed by atoms with E-state index in [-0.39, 0.29) is 5.41 Å². The molecule has 4 nitrogen and oxygen atoms in total. The van der Waals surface area contributed by atoms with Crippen LogP contribution in [0, 0.1) is 17.3 Å². The largest absolute Gasteiger partial charge is 0.279 e. The van der Waals surface area contributed by atoms with Crippen molar-refractivity contribution in [3.63, 3.8) is 0 Å².